The van der Waals surface area contributed by atoms with Crippen LogP contribution in [0, 0.1) is 5.82 Å². The molecule has 0 unspecified atom stereocenters. The van der Waals surface area contributed by atoms with Crippen LogP contribution in [0.4, 0.5) is 4.39 Å². The first-order chi connectivity index (χ1) is 16.9. The summed E-state index contributed by atoms with van der Waals surface area (Å²) in [7, 11) is 0. The van der Waals surface area contributed by atoms with E-state index >= 15 is 0 Å². The maximum Gasteiger partial charge on any atom is 0.266 e. The maximum atomic E-state index is 13.5. The summed E-state index contributed by atoms with van der Waals surface area (Å²) in [5.74, 6) is 0.486. The molecule has 2 aromatic heterocycles. The van der Waals surface area contributed by atoms with Crippen molar-refractivity contribution in [1.29, 1.82) is 0 Å². The van der Waals surface area contributed by atoms with Gasteiger partial charge in [-0.25, -0.2) is 9.37 Å². The van der Waals surface area contributed by atoms with E-state index in [0.717, 1.165) is 42.7 Å². The fourth-order valence-electron chi connectivity index (χ4n) is 4.19. The maximum absolute atomic E-state index is 13.5. The highest BCUT2D eigenvalue weighted by Crippen LogP contribution is 2.33. The smallest absolute Gasteiger partial charge is 0.266 e. The van der Waals surface area contributed by atoms with E-state index in [-0.39, 0.29) is 35.2 Å². The molecule has 0 aliphatic heterocycles. The molecule has 2 heterocycles. The van der Waals surface area contributed by atoms with Crippen molar-refractivity contribution in [2.24, 2.45) is 0 Å². The lowest BCUT2D eigenvalue weighted by molar-refractivity contribution is -0.124. The molecule has 0 saturated heterocycles. The van der Waals surface area contributed by atoms with Gasteiger partial charge in [0.05, 0.1) is 10.5 Å². The van der Waals surface area contributed by atoms with Gasteiger partial charge in [-0.2, -0.15) is 0 Å². The van der Waals surface area contributed by atoms with Crippen LogP contribution in [0.3, 0.4) is 0 Å². The van der Waals surface area contributed by atoms with E-state index in [2.05, 4.69) is 20.5 Å². The minimum absolute atomic E-state index is 0.00539. The molecule has 0 radical (unpaired) electrons. The van der Waals surface area contributed by atoms with Gasteiger partial charge in [0.15, 0.2) is 6.61 Å². The number of nitrogens with zero attached hydrogens (tertiary/aromatic N) is 3. The number of carbonyl (C=O) groups is 1. The first-order valence-electron chi connectivity index (χ1n) is 11.2. The molecular weight excluding hydrogens is 494 g/mol. The van der Waals surface area contributed by atoms with Crippen molar-refractivity contribution < 1.29 is 18.3 Å². The number of halogens is 3. The zero-order chi connectivity index (χ0) is 24.4. The number of fused-ring (bicyclic) bond motifs is 1. The zero-order valence-electron chi connectivity index (χ0n) is 18.5. The van der Waals surface area contributed by atoms with Gasteiger partial charge >= 0.3 is 0 Å². The zero-order valence-corrected chi connectivity index (χ0v) is 20.0. The lowest BCUT2D eigenvalue weighted by Gasteiger charge is -2.27. The van der Waals surface area contributed by atoms with Gasteiger partial charge in [0.2, 0.25) is 5.89 Å². The molecule has 2 aromatic carbocycles. The summed E-state index contributed by atoms with van der Waals surface area (Å²) >= 11 is 11.7. The Balaban J connectivity index is 1.13. The van der Waals surface area contributed by atoms with E-state index in [1.165, 1.54) is 12.1 Å². The number of nitrogens with one attached hydrogen (secondary N) is 1. The number of aromatic nitrogens is 3. The van der Waals surface area contributed by atoms with Gasteiger partial charge in [-0.1, -0.05) is 29.3 Å². The molecule has 1 fully saturated rings. The van der Waals surface area contributed by atoms with Gasteiger partial charge in [-0.05, 0) is 62.1 Å². The Labute approximate surface area is 210 Å². The predicted molar refractivity (Wildman–Crippen MR) is 130 cm³/mol. The topological polar surface area (TPSA) is 90.1 Å². The molecule has 1 N–H and O–H groups in total. The molecule has 5 rings (SSSR count). The van der Waals surface area contributed by atoms with Crippen LogP contribution in [0.5, 0.6) is 5.75 Å². The fourth-order valence-corrected chi connectivity index (χ4v) is 4.49. The van der Waals surface area contributed by atoms with E-state index in [1.807, 2.05) is 24.3 Å². The van der Waals surface area contributed by atoms with Crippen LogP contribution in [-0.4, -0.2) is 33.7 Å². The second kappa shape index (κ2) is 10.2. The highest BCUT2D eigenvalue weighted by atomic mass is 35.5. The minimum atomic E-state index is -0.589. The number of rotatable bonds is 6. The summed E-state index contributed by atoms with van der Waals surface area (Å²) in [6.45, 7) is -0.195. The quantitative estimate of drug-likeness (QED) is 0.341. The van der Waals surface area contributed by atoms with Crippen LogP contribution in [0.25, 0.3) is 22.5 Å². The van der Waals surface area contributed by atoms with Crippen molar-refractivity contribution >= 4 is 40.0 Å². The van der Waals surface area contributed by atoms with E-state index in [0.29, 0.717) is 22.5 Å². The van der Waals surface area contributed by atoms with Gasteiger partial charge in [0, 0.05) is 28.4 Å². The van der Waals surface area contributed by atoms with Crippen molar-refractivity contribution in [3.05, 3.63) is 70.3 Å². The van der Waals surface area contributed by atoms with Crippen LogP contribution >= 0.6 is 23.2 Å². The van der Waals surface area contributed by atoms with Crippen molar-refractivity contribution in [3.63, 3.8) is 0 Å². The average Bonchev–Trinajstić information content (AvgIpc) is 3.35. The normalized spacial score (nSPS) is 17.9. The number of amides is 1. The standard InChI is InChI=1S/C25H21Cl2FN4O3/c26-16-4-10-21-15(11-16)3-9-22(30-21)25-32-31-24(35-25)14-1-5-17(6-2-14)29-23(33)13-34-18-7-8-19(27)20(28)12-18/h3-4,7-12,14,17H,1-2,5-6,13H2,(H,29,33)/t14-,17-. The molecule has 4 aromatic rings. The van der Waals surface area contributed by atoms with Gasteiger partial charge in [0.25, 0.3) is 11.8 Å². The third-order valence-electron chi connectivity index (χ3n) is 6.01. The summed E-state index contributed by atoms with van der Waals surface area (Å²) in [5, 5.41) is 13.0. The number of hydrogen-bond acceptors (Lipinski definition) is 6. The monoisotopic (exact) mass is 514 g/mol. The van der Waals surface area contributed by atoms with Crippen LogP contribution in [-0.2, 0) is 4.79 Å². The van der Waals surface area contributed by atoms with Crippen LogP contribution in [0.2, 0.25) is 10.0 Å². The molecule has 0 bridgehead atoms. The average molecular weight is 515 g/mol. The molecular formula is C25H21Cl2FN4O3. The number of carbonyl (C=O) groups excluding carboxylic acids is 1. The Hall–Kier alpha value is -3.23. The van der Waals surface area contributed by atoms with Crippen LogP contribution in [0.1, 0.15) is 37.5 Å². The number of hydrogen-bond donors (Lipinski definition) is 1. The van der Waals surface area contributed by atoms with Crippen LogP contribution in [0.15, 0.2) is 52.9 Å². The SMILES string of the molecule is O=C(COc1ccc(Cl)c(F)c1)N[C@H]1CC[C@H](c2nnc(-c3ccc4cc(Cl)ccc4n3)o2)CC1. The third kappa shape index (κ3) is 5.55. The van der Waals surface area contributed by atoms with Crippen molar-refractivity contribution in [1.82, 2.24) is 20.5 Å². The number of benzene rings is 2. The molecule has 35 heavy (non-hydrogen) atoms. The van der Waals surface area contributed by atoms with Gasteiger partial charge in [-0.15, -0.1) is 10.2 Å². The number of pyridine rings is 1. The van der Waals surface area contributed by atoms with E-state index in [9.17, 15) is 9.18 Å². The van der Waals surface area contributed by atoms with Gasteiger partial charge in [0.1, 0.15) is 17.3 Å². The first-order valence-corrected chi connectivity index (χ1v) is 12.0. The van der Waals surface area contributed by atoms with Crippen molar-refractivity contribution in [3.8, 4) is 17.3 Å². The molecule has 10 heteroatoms. The van der Waals surface area contributed by atoms with Crippen LogP contribution < -0.4 is 10.1 Å². The van der Waals surface area contributed by atoms with Gasteiger partial charge < -0.3 is 14.5 Å². The predicted octanol–water partition coefficient (Wildman–Crippen LogP) is 5.95. The van der Waals surface area contributed by atoms with E-state index in [4.69, 9.17) is 32.4 Å². The Morgan fingerprint density at radius 2 is 1.89 bits per heavy atom. The third-order valence-corrected chi connectivity index (χ3v) is 6.56. The van der Waals surface area contributed by atoms with Crippen molar-refractivity contribution in [2.75, 3.05) is 6.61 Å². The Morgan fingerprint density at radius 1 is 1.06 bits per heavy atom. The lowest BCUT2D eigenvalue weighted by Crippen LogP contribution is -2.39. The summed E-state index contributed by atoms with van der Waals surface area (Å²) < 4.78 is 24.8. The fraction of sp³-hybridized carbons (Fsp3) is 0.280. The molecule has 1 aliphatic carbocycles. The molecule has 0 spiro atoms. The molecule has 0 atom stereocenters. The molecule has 7 nitrogen and oxygen atoms in total. The summed E-state index contributed by atoms with van der Waals surface area (Å²) in [4.78, 5) is 16.8. The Kier molecular flexibility index (Phi) is 6.83. The summed E-state index contributed by atoms with van der Waals surface area (Å²) in [5.41, 5.74) is 1.41. The number of ether oxygens (including phenoxy) is 1. The van der Waals surface area contributed by atoms with E-state index in [1.54, 1.807) is 6.07 Å². The second-order valence-corrected chi connectivity index (χ2v) is 9.30. The molecule has 180 valence electrons. The highest BCUT2D eigenvalue weighted by Gasteiger charge is 2.27. The first kappa shape index (κ1) is 23.5. The highest BCUT2D eigenvalue weighted by molar-refractivity contribution is 6.31. The molecule has 1 aliphatic rings. The lowest BCUT2D eigenvalue weighted by atomic mass is 9.86. The second-order valence-electron chi connectivity index (χ2n) is 8.46. The van der Waals surface area contributed by atoms with E-state index < -0.39 is 5.82 Å². The van der Waals surface area contributed by atoms with Crippen molar-refractivity contribution in [2.45, 2.75) is 37.6 Å². The molecule has 1 saturated carbocycles. The Morgan fingerprint density at radius 3 is 2.69 bits per heavy atom. The molecule has 1 amide bonds. The largest absolute Gasteiger partial charge is 0.484 e. The minimum Gasteiger partial charge on any atom is -0.484 e. The summed E-state index contributed by atoms with van der Waals surface area (Å²) in [6, 6.07) is 13.4. The Bertz CT molecular complexity index is 1370. The summed E-state index contributed by atoms with van der Waals surface area (Å²) in [6.07, 6.45) is 3.16. The van der Waals surface area contributed by atoms with Gasteiger partial charge in [-0.3, -0.25) is 4.79 Å².